The molecule has 1 N–H and O–H groups in total. The number of hydrogen-bond acceptors (Lipinski definition) is 7. The minimum atomic E-state index is 0.652. The van der Waals surface area contributed by atoms with Gasteiger partial charge < -0.3 is 19.7 Å². The van der Waals surface area contributed by atoms with E-state index in [1.54, 1.807) is 25.6 Å². The maximum atomic E-state index is 5.35. The number of ether oxygens (including phenoxy) is 2. The molecule has 0 saturated carbocycles. The molecule has 3 aromatic rings. The van der Waals surface area contributed by atoms with Crippen molar-refractivity contribution in [3.05, 3.63) is 42.2 Å². The fourth-order valence-electron chi connectivity index (χ4n) is 3.48. The quantitative estimate of drug-likeness (QED) is 0.626. The van der Waals surface area contributed by atoms with Gasteiger partial charge in [-0.15, -0.1) is 10.2 Å². The average Bonchev–Trinajstić information content (AvgIpc) is 3.41. The van der Waals surface area contributed by atoms with Crippen molar-refractivity contribution in [1.82, 2.24) is 14.8 Å². The van der Waals surface area contributed by atoms with Crippen molar-refractivity contribution < 1.29 is 9.47 Å². The van der Waals surface area contributed by atoms with Gasteiger partial charge in [0, 0.05) is 48.9 Å². The molecule has 1 aliphatic heterocycles. The number of nitrogens with one attached hydrogen (secondary N) is 1. The summed E-state index contributed by atoms with van der Waals surface area (Å²) >= 11 is 1.65. The molecule has 0 aliphatic carbocycles. The molecular formula is C21H27N5O2S. The number of nitrogens with zero attached hydrogens (tertiary/aromatic N) is 4. The van der Waals surface area contributed by atoms with Gasteiger partial charge in [0.2, 0.25) is 10.3 Å². The second-order valence-corrected chi connectivity index (χ2v) is 8.30. The SMILES string of the molecule is COc1cc(NCc2cccn2-c2nnc(N3CCC(C)CC3)s2)cc(OC)c1. The van der Waals surface area contributed by atoms with Crippen LogP contribution in [0.5, 0.6) is 11.5 Å². The molecule has 8 heteroatoms. The molecule has 0 unspecified atom stereocenters. The van der Waals surface area contributed by atoms with E-state index in [2.05, 4.69) is 38.0 Å². The molecule has 3 heterocycles. The van der Waals surface area contributed by atoms with Crippen molar-refractivity contribution >= 4 is 22.2 Å². The van der Waals surface area contributed by atoms with Crippen LogP contribution in [0.3, 0.4) is 0 Å². The molecule has 7 nitrogen and oxygen atoms in total. The Morgan fingerprint density at radius 2 is 1.76 bits per heavy atom. The van der Waals surface area contributed by atoms with E-state index in [-0.39, 0.29) is 0 Å². The Hall–Kier alpha value is -2.74. The van der Waals surface area contributed by atoms with Crippen LogP contribution in [0.1, 0.15) is 25.5 Å². The van der Waals surface area contributed by atoms with Crippen LogP contribution in [0.2, 0.25) is 0 Å². The minimum absolute atomic E-state index is 0.652. The fourth-order valence-corrected chi connectivity index (χ4v) is 4.40. The molecule has 154 valence electrons. The zero-order valence-electron chi connectivity index (χ0n) is 17.1. The van der Waals surface area contributed by atoms with E-state index in [0.717, 1.165) is 52.2 Å². The monoisotopic (exact) mass is 413 g/mol. The molecule has 2 aromatic heterocycles. The summed E-state index contributed by atoms with van der Waals surface area (Å²) in [7, 11) is 3.31. The van der Waals surface area contributed by atoms with Gasteiger partial charge in [-0.25, -0.2) is 0 Å². The first-order chi connectivity index (χ1) is 14.2. The minimum Gasteiger partial charge on any atom is -0.497 e. The molecule has 0 amide bonds. The highest BCUT2D eigenvalue weighted by Crippen LogP contribution is 2.29. The molecule has 1 fully saturated rings. The fraction of sp³-hybridized carbons (Fsp3) is 0.429. The molecule has 1 saturated heterocycles. The van der Waals surface area contributed by atoms with Crippen LogP contribution in [-0.2, 0) is 6.54 Å². The van der Waals surface area contributed by atoms with Crippen LogP contribution in [0, 0.1) is 5.92 Å². The van der Waals surface area contributed by atoms with Gasteiger partial charge in [-0.1, -0.05) is 18.3 Å². The number of rotatable bonds is 7. The van der Waals surface area contributed by atoms with Gasteiger partial charge in [-0.3, -0.25) is 4.57 Å². The lowest BCUT2D eigenvalue weighted by Crippen LogP contribution is -2.32. The van der Waals surface area contributed by atoms with Crippen LogP contribution >= 0.6 is 11.3 Å². The Balaban J connectivity index is 1.47. The molecule has 0 atom stereocenters. The van der Waals surface area contributed by atoms with Crippen molar-refractivity contribution in [2.45, 2.75) is 26.3 Å². The van der Waals surface area contributed by atoms with Crippen molar-refractivity contribution in [3.8, 4) is 16.6 Å². The Kier molecular flexibility index (Phi) is 5.89. The number of hydrogen-bond donors (Lipinski definition) is 1. The average molecular weight is 414 g/mol. The van der Waals surface area contributed by atoms with Gasteiger partial charge in [-0.2, -0.15) is 0 Å². The summed E-state index contributed by atoms with van der Waals surface area (Å²) in [5.41, 5.74) is 2.05. The maximum Gasteiger partial charge on any atom is 0.218 e. The Labute approximate surface area is 175 Å². The molecule has 29 heavy (non-hydrogen) atoms. The maximum absolute atomic E-state index is 5.35. The topological polar surface area (TPSA) is 64.4 Å². The lowest BCUT2D eigenvalue weighted by molar-refractivity contribution is 0.394. The molecule has 1 aliphatic rings. The third kappa shape index (κ3) is 4.48. The van der Waals surface area contributed by atoms with Gasteiger partial charge in [0.25, 0.3) is 0 Å². The number of piperidine rings is 1. The normalized spacial score (nSPS) is 14.8. The Morgan fingerprint density at radius 1 is 1.07 bits per heavy atom. The number of anilines is 2. The second kappa shape index (κ2) is 8.73. The van der Waals surface area contributed by atoms with Crippen molar-refractivity contribution in [1.29, 1.82) is 0 Å². The van der Waals surface area contributed by atoms with Crippen LogP contribution in [0.25, 0.3) is 5.13 Å². The summed E-state index contributed by atoms with van der Waals surface area (Å²) < 4.78 is 12.8. The van der Waals surface area contributed by atoms with E-state index >= 15 is 0 Å². The van der Waals surface area contributed by atoms with Crippen molar-refractivity contribution in [2.24, 2.45) is 5.92 Å². The predicted molar refractivity (Wildman–Crippen MR) is 117 cm³/mol. The summed E-state index contributed by atoms with van der Waals surface area (Å²) in [6.45, 7) is 5.10. The highest BCUT2D eigenvalue weighted by atomic mass is 32.1. The summed E-state index contributed by atoms with van der Waals surface area (Å²) in [4.78, 5) is 2.35. The first-order valence-corrected chi connectivity index (χ1v) is 10.7. The molecule has 0 bridgehead atoms. The largest absolute Gasteiger partial charge is 0.497 e. The predicted octanol–water partition coefficient (Wildman–Crippen LogP) is 4.19. The summed E-state index contributed by atoms with van der Waals surface area (Å²) in [5.74, 6) is 2.31. The first-order valence-electron chi connectivity index (χ1n) is 9.88. The number of aromatic nitrogens is 3. The van der Waals surface area contributed by atoms with Gasteiger partial charge in [-0.05, 0) is 30.9 Å². The smallest absolute Gasteiger partial charge is 0.218 e. The zero-order chi connectivity index (χ0) is 20.2. The van der Waals surface area contributed by atoms with Gasteiger partial charge >= 0.3 is 0 Å². The summed E-state index contributed by atoms with van der Waals surface area (Å²) in [5, 5.41) is 14.2. The standard InChI is InChI=1S/C21H27N5O2S/c1-15-6-9-25(10-7-15)20-23-24-21(29-20)26-8-4-5-17(26)14-22-16-11-18(27-2)13-19(12-16)28-3/h4-5,8,11-13,15,22H,6-7,9-10,14H2,1-3H3. The van der Waals surface area contributed by atoms with E-state index in [0.29, 0.717) is 6.54 Å². The molecule has 4 rings (SSSR count). The lowest BCUT2D eigenvalue weighted by Gasteiger charge is -2.29. The number of benzene rings is 1. The zero-order valence-corrected chi connectivity index (χ0v) is 17.9. The molecule has 1 aromatic carbocycles. The Morgan fingerprint density at radius 3 is 2.45 bits per heavy atom. The molecule has 0 radical (unpaired) electrons. The van der Waals surface area contributed by atoms with Gasteiger partial charge in [0.05, 0.1) is 20.8 Å². The Bertz CT molecular complexity index is 924. The third-order valence-corrected chi connectivity index (χ3v) is 6.31. The highest BCUT2D eigenvalue weighted by Gasteiger charge is 2.20. The third-order valence-electron chi connectivity index (χ3n) is 5.32. The van der Waals surface area contributed by atoms with E-state index in [4.69, 9.17) is 9.47 Å². The second-order valence-electron chi connectivity index (χ2n) is 7.36. The van der Waals surface area contributed by atoms with E-state index in [9.17, 15) is 0 Å². The van der Waals surface area contributed by atoms with Crippen LogP contribution in [-0.4, -0.2) is 42.1 Å². The molecular weight excluding hydrogens is 386 g/mol. The lowest BCUT2D eigenvalue weighted by atomic mass is 10.00. The highest BCUT2D eigenvalue weighted by molar-refractivity contribution is 7.17. The number of methoxy groups -OCH3 is 2. The van der Waals surface area contributed by atoms with Gasteiger partial charge in [0.15, 0.2) is 0 Å². The van der Waals surface area contributed by atoms with E-state index < -0.39 is 0 Å². The van der Waals surface area contributed by atoms with Crippen LogP contribution < -0.4 is 19.7 Å². The van der Waals surface area contributed by atoms with Gasteiger partial charge in [0.1, 0.15) is 11.5 Å². The van der Waals surface area contributed by atoms with Crippen LogP contribution in [0.4, 0.5) is 10.8 Å². The van der Waals surface area contributed by atoms with Crippen molar-refractivity contribution in [2.75, 3.05) is 37.5 Å². The van der Waals surface area contributed by atoms with E-state index in [1.807, 2.05) is 30.5 Å². The van der Waals surface area contributed by atoms with Crippen molar-refractivity contribution in [3.63, 3.8) is 0 Å². The summed E-state index contributed by atoms with van der Waals surface area (Å²) in [6.07, 6.45) is 4.47. The van der Waals surface area contributed by atoms with E-state index in [1.165, 1.54) is 12.8 Å². The summed E-state index contributed by atoms with van der Waals surface area (Å²) in [6, 6.07) is 9.89. The first kappa shape index (κ1) is 19.6. The molecule has 0 spiro atoms. The van der Waals surface area contributed by atoms with Crippen LogP contribution in [0.15, 0.2) is 36.5 Å².